The number of rotatable bonds is 3. The lowest BCUT2D eigenvalue weighted by atomic mass is 10.0. The minimum Gasteiger partial charge on any atom is -0.455 e. The number of ether oxygens (including phenoxy) is 1. The lowest BCUT2D eigenvalue weighted by Gasteiger charge is -2.21. The van der Waals surface area contributed by atoms with Gasteiger partial charge in [-0.05, 0) is 12.1 Å². The van der Waals surface area contributed by atoms with Gasteiger partial charge >= 0.3 is 11.8 Å². The molecule has 0 saturated carbocycles. The Morgan fingerprint density at radius 3 is 2.48 bits per heavy atom. The molecule has 0 radical (unpaired) electrons. The van der Waals surface area contributed by atoms with Gasteiger partial charge in [-0.15, -0.1) is 0 Å². The number of hydrogen-bond donors (Lipinski definition) is 1. The van der Waals surface area contributed by atoms with Crippen LogP contribution in [0.2, 0.25) is 0 Å². The van der Waals surface area contributed by atoms with Gasteiger partial charge in [0.05, 0.1) is 19.3 Å². The zero-order chi connectivity index (χ0) is 19.5. The molecule has 0 spiro atoms. The minimum absolute atomic E-state index is 0.351. The van der Waals surface area contributed by atoms with E-state index in [9.17, 15) is 35.8 Å². The monoisotopic (exact) mass is 368 g/mol. The van der Waals surface area contributed by atoms with Gasteiger partial charge in [0.25, 0.3) is 6.43 Å². The second-order valence-corrected chi connectivity index (χ2v) is 5.14. The number of benzene rings is 1. The Morgan fingerprint density at radius 1 is 1.20 bits per heavy atom. The van der Waals surface area contributed by atoms with Gasteiger partial charge in [-0.1, -0.05) is 0 Å². The first kappa shape index (κ1) is 16.1. The van der Waals surface area contributed by atoms with Gasteiger partial charge in [-0.2, -0.15) is 17.6 Å². The predicted molar refractivity (Wildman–Crippen MR) is 69.5 cm³/mol. The molecule has 0 saturated heterocycles. The number of hydrogen-bond acceptors (Lipinski definition) is 3. The summed E-state index contributed by atoms with van der Waals surface area (Å²) >= 11 is 0. The second-order valence-electron chi connectivity index (χ2n) is 5.14. The van der Waals surface area contributed by atoms with Crippen LogP contribution in [0.4, 0.5) is 30.7 Å². The lowest BCUT2D eigenvalue weighted by Crippen LogP contribution is -2.36. The molecule has 1 aromatic heterocycles. The molecule has 3 rings (SSSR count). The van der Waals surface area contributed by atoms with Crippen LogP contribution in [0.25, 0.3) is 0 Å². The molecule has 1 aliphatic carbocycles. The quantitative estimate of drug-likeness (QED) is 0.797. The average Bonchev–Trinajstić information content (AvgIpc) is 2.63. The summed E-state index contributed by atoms with van der Waals surface area (Å²) in [4.78, 5) is 3.39. The van der Waals surface area contributed by atoms with Crippen molar-refractivity contribution in [3.8, 4) is 11.5 Å². The third kappa shape index (κ3) is 2.51. The van der Waals surface area contributed by atoms with E-state index in [0.29, 0.717) is 12.1 Å². The summed E-state index contributed by atoms with van der Waals surface area (Å²) in [6.07, 6.45) is -6.30. The molecule has 2 aromatic rings. The van der Waals surface area contributed by atoms with Gasteiger partial charge in [-0.3, -0.25) is 4.98 Å². The van der Waals surface area contributed by atoms with Crippen LogP contribution in [-0.4, -0.2) is 16.0 Å². The van der Waals surface area contributed by atoms with Crippen molar-refractivity contribution in [2.75, 3.05) is 0 Å². The maximum atomic E-state index is 13.9. The van der Waals surface area contributed by atoms with Crippen LogP contribution in [0.5, 0.6) is 11.5 Å². The summed E-state index contributed by atoms with van der Waals surface area (Å²) in [5, 5.41) is 9.65. The van der Waals surface area contributed by atoms with Gasteiger partial charge in [0.1, 0.15) is 17.3 Å². The summed E-state index contributed by atoms with van der Waals surface area (Å²) in [6.45, 7) is 0. The van der Waals surface area contributed by atoms with E-state index in [1.54, 1.807) is 0 Å². The molecule has 10 heteroatoms. The molecular weight excluding hydrogens is 359 g/mol. The van der Waals surface area contributed by atoms with Gasteiger partial charge in [0, 0.05) is 17.2 Å². The zero-order valence-electron chi connectivity index (χ0n) is 12.9. The normalized spacial score (nSPS) is 24.1. The zero-order valence-corrected chi connectivity index (χ0v) is 11.9. The Balaban J connectivity index is 2.23. The van der Waals surface area contributed by atoms with Gasteiger partial charge in [0.2, 0.25) is 0 Å². The molecule has 0 fully saturated rings. The fraction of sp³-hybridized carbons (Fsp3) is 0.267. The molecular formula is C15H8F7NO2. The summed E-state index contributed by atoms with van der Waals surface area (Å²) in [5.41, 5.74) is -4.77. The molecule has 1 atom stereocenters. The molecule has 1 aromatic carbocycles. The van der Waals surface area contributed by atoms with Crippen LogP contribution in [0.15, 0.2) is 30.6 Å². The molecule has 25 heavy (non-hydrogen) atoms. The molecule has 3 nitrogen and oxygen atoms in total. The number of nitrogens with zero attached hydrogens (tertiary/aromatic N) is 1. The van der Waals surface area contributed by atoms with Crippen molar-refractivity contribution in [1.82, 2.24) is 4.98 Å². The molecule has 0 bridgehead atoms. The number of fused-ring (bicyclic) bond motifs is 1. The van der Waals surface area contributed by atoms with Crippen LogP contribution in [-0.2, 0) is 5.92 Å². The molecule has 1 aliphatic rings. The van der Waals surface area contributed by atoms with E-state index >= 15 is 0 Å². The highest BCUT2D eigenvalue weighted by molar-refractivity contribution is 5.54. The predicted octanol–water partition coefficient (Wildman–Crippen LogP) is 4.72. The van der Waals surface area contributed by atoms with Crippen LogP contribution < -0.4 is 4.74 Å². The Labute approximate surface area is 137 Å². The van der Waals surface area contributed by atoms with Crippen molar-refractivity contribution >= 4 is 0 Å². The molecule has 0 aliphatic heterocycles. The Hall–Kier alpha value is -2.36. The van der Waals surface area contributed by atoms with Crippen LogP contribution in [0, 0.1) is 5.82 Å². The summed E-state index contributed by atoms with van der Waals surface area (Å²) in [7, 11) is 0. The number of halogens is 7. The number of aliphatic hydroxyl groups is 1. The highest BCUT2D eigenvalue weighted by Gasteiger charge is 2.69. The molecule has 0 amide bonds. The van der Waals surface area contributed by atoms with Gasteiger partial charge in [0.15, 0.2) is 6.08 Å². The highest BCUT2D eigenvalue weighted by atomic mass is 19.3. The summed E-state index contributed by atoms with van der Waals surface area (Å²) in [5.74, 6) is -12.6. The maximum absolute atomic E-state index is 13.9. The number of alkyl halides is 6. The van der Waals surface area contributed by atoms with E-state index in [1.807, 2.05) is 0 Å². The first-order valence-corrected chi connectivity index (χ1v) is 6.63. The standard InChI is InChI=1S/C15H8F7NO2/c16-6-3-7(5-23-4-6)25-9-2-1-8-10(11(9)13(17)18)12(24)15(21,22)14(8,19)20/h1-5,12-13,24H/t12-/m1/s1/i12D. The SMILES string of the molecule is [2H][C@@]1(O)c2c(ccc(Oc3cncc(F)c3)c2C(F)F)C(F)(F)C1(F)F. The van der Waals surface area contributed by atoms with Crippen molar-refractivity contribution in [2.45, 2.75) is 24.4 Å². The van der Waals surface area contributed by atoms with E-state index < -0.39 is 58.4 Å². The van der Waals surface area contributed by atoms with Crippen molar-refractivity contribution in [3.05, 3.63) is 53.1 Å². The van der Waals surface area contributed by atoms with E-state index in [0.717, 1.165) is 18.5 Å². The molecule has 0 unspecified atom stereocenters. The average molecular weight is 368 g/mol. The first-order valence-electron chi connectivity index (χ1n) is 7.13. The van der Waals surface area contributed by atoms with E-state index in [2.05, 4.69) is 4.98 Å². The third-order valence-electron chi connectivity index (χ3n) is 3.60. The molecule has 1 N–H and O–H groups in total. The minimum atomic E-state index is -5.36. The summed E-state index contributed by atoms with van der Waals surface area (Å²) in [6, 6.07) is 1.63. The largest absolute Gasteiger partial charge is 0.455 e. The van der Waals surface area contributed by atoms with Crippen molar-refractivity contribution in [3.63, 3.8) is 0 Å². The van der Waals surface area contributed by atoms with E-state index in [-0.39, 0.29) is 0 Å². The molecule has 134 valence electrons. The second kappa shape index (κ2) is 5.58. The first-order chi connectivity index (χ1) is 11.9. The fourth-order valence-electron chi connectivity index (χ4n) is 2.47. The third-order valence-corrected chi connectivity index (χ3v) is 3.60. The lowest BCUT2D eigenvalue weighted by molar-refractivity contribution is -0.246. The topological polar surface area (TPSA) is 42.4 Å². The smallest absolute Gasteiger partial charge is 0.343 e. The fourth-order valence-corrected chi connectivity index (χ4v) is 2.47. The Bertz CT molecular complexity index is 873. The van der Waals surface area contributed by atoms with Crippen LogP contribution in [0.3, 0.4) is 0 Å². The highest BCUT2D eigenvalue weighted by Crippen LogP contribution is 2.60. The van der Waals surface area contributed by atoms with Crippen molar-refractivity contribution in [1.29, 1.82) is 0 Å². The number of aromatic nitrogens is 1. The number of pyridine rings is 1. The van der Waals surface area contributed by atoms with Gasteiger partial charge in [-0.25, -0.2) is 13.2 Å². The van der Waals surface area contributed by atoms with Gasteiger partial charge < -0.3 is 9.84 Å². The molecule has 1 heterocycles. The van der Waals surface area contributed by atoms with Crippen molar-refractivity contribution in [2.24, 2.45) is 0 Å². The van der Waals surface area contributed by atoms with Crippen molar-refractivity contribution < 1.29 is 41.9 Å². The summed E-state index contributed by atoms with van der Waals surface area (Å²) < 4.78 is 108. The van der Waals surface area contributed by atoms with Crippen LogP contribution in [0.1, 0.15) is 30.6 Å². The van der Waals surface area contributed by atoms with E-state index in [4.69, 9.17) is 6.11 Å². The Morgan fingerprint density at radius 2 is 1.88 bits per heavy atom. The maximum Gasteiger partial charge on any atom is 0.343 e. The van der Waals surface area contributed by atoms with Crippen LogP contribution >= 0.6 is 0 Å². The Kier molecular flexibility index (Phi) is 3.60. The van der Waals surface area contributed by atoms with E-state index in [1.165, 1.54) is 0 Å².